The zero-order valence-corrected chi connectivity index (χ0v) is 14.2. The maximum absolute atomic E-state index is 12.7. The molecular weight excluding hydrogens is 308 g/mol. The van der Waals surface area contributed by atoms with Crippen LogP contribution in [0.15, 0.2) is 22.7 Å². The first-order valence-corrected chi connectivity index (χ1v) is 8.07. The number of carbonyl (C=O) groups excluding carboxylic acids is 2. The Bertz CT molecular complexity index is 733. The van der Waals surface area contributed by atoms with E-state index < -0.39 is 49.5 Å². The topological polar surface area (TPSA) is 72.8 Å². The lowest BCUT2D eigenvalue weighted by molar-refractivity contribution is -0.121. The second kappa shape index (κ2) is 11.0. The van der Waals surface area contributed by atoms with Crippen molar-refractivity contribution in [2.45, 2.75) is 64.7 Å². The summed E-state index contributed by atoms with van der Waals surface area (Å²) in [4.78, 5) is 25.1. The molecule has 5 heteroatoms. The van der Waals surface area contributed by atoms with Crippen LogP contribution < -0.4 is 0 Å². The van der Waals surface area contributed by atoms with Gasteiger partial charge in [-0.3, -0.25) is 9.59 Å². The summed E-state index contributed by atoms with van der Waals surface area (Å²) in [5.74, 6) is -2.26. The largest absolute Gasteiger partial charge is 0.489 e. The third-order valence-electron chi connectivity index (χ3n) is 3.98. The average Bonchev–Trinajstić information content (AvgIpc) is 2.58. The van der Waals surface area contributed by atoms with Crippen molar-refractivity contribution in [3.8, 4) is 0 Å². The Labute approximate surface area is 154 Å². The van der Waals surface area contributed by atoms with Gasteiger partial charge in [0.2, 0.25) is 23.1 Å². The van der Waals surface area contributed by atoms with Gasteiger partial charge in [-0.1, -0.05) is 38.5 Å². The van der Waals surface area contributed by atoms with Crippen LogP contribution in [0, 0.1) is 0 Å². The lowest BCUT2D eigenvalue weighted by Gasteiger charge is -2.20. The Kier molecular flexibility index (Phi) is 5.44. The minimum absolute atomic E-state index is 0.136. The van der Waals surface area contributed by atoms with Gasteiger partial charge in [-0.2, -0.15) is 0 Å². The van der Waals surface area contributed by atoms with E-state index in [4.69, 9.17) is 24.2 Å². The summed E-state index contributed by atoms with van der Waals surface area (Å²) in [6.45, 7) is -1.09. The highest BCUT2D eigenvalue weighted by atomic mass is 16.5. The van der Waals surface area contributed by atoms with Gasteiger partial charge in [0, 0.05) is 20.4 Å². The number of hydrogen-bond acceptors (Lipinski definition) is 5. The maximum atomic E-state index is 12.7. The number of aliphatic hydroxyl groups is 1. The fourth-order valence-electron chi connectivity index (χ4n) is 2.63. The van der Waals surface area contributed by atoms with Gasteiger partial charge in [0.05, 0.1) is 21.0 Å². The molecule has 0 aromatic heterocycles. The summed E-state index contributed by atoms with van der Waals surface area (Å²) in [6.07, 6.45) is 1.43. The molecule has 5 nitrogen and oxygen atoms in total. The average molecular weight is 345 g/mol. The molecule has 0 aliphatic heterocycles. The molecule has 1 aliphatic carbocycles. The highest BCUT2D eigenvalue weighted by molar-refractivity contribution is 6.23. The number of ketones is 2. The fourth-order valence-corrected chi connectivity index (χ4v) is 2.63. The normalized spacial score (nSPS) is 21.4. The van der Waals surface area contributed by atoms with Crippen molar-refractivity contribution in [2.24, 2.45) is 0 Å². The molecule has 0 saturated heterocycles. The molecule has 0 amide bonds. The number of ether oxygens (including phenoxy) is 2. The Morgan fingerprint density at radius 2 is 1.58 bits per heavy atom. The van der Waals surface area contributed by atoms with Gasteiger partial charge in [-0.15, -0.1) is 0 Å². The predicted octanol–water partition coefficient (Wildman–Crippen LogP) is 3.46. The molecule has 0 radical (unpaired) electrons. The number of hydrogen-bond donors (Lipinski definition) is 1. The smallest absolute Gasteiger partial charge is 0.228 e. The Balaban J connectivity index is 2.54. The standard InChI is InChI=1S/C19H30O5/c1-14-15(12-10-8-6-4-5-7-9-11-13-20)17(22)19(24-3)18(23-2)16(14)21/h20H,4-13H2,1-3H3/i2D3,9D2,13D2. The van der Waals surface area contributed by atoms with Crippen LogP contribution >= 0.6 is 0 Å². The third kappa shape index (κ3) is 5.48. The molecule has 136 valence electrons. The van der Waals surface area contributed by atoms with E-state index in [-0.39, 0.29) is 17.6 Å². The molecule has 1 rings (SSSR count). The van der Waals surface area contributed by atoms with E-state index in [1.807, 2.05) is 0 Å². The van der Waals surface area contributed by atoms with E-state index in [1.54, 1.807) is 0 Å². The van der Waals surface area contributed by atoms with Crippen molar-refractivity contribution < 1.29 is 33.8 Å². The molecule has 1 aliphatic rings. The molecule has 0 bridgehead atoms. The van der Waals surface area contributed by atoms with Crippen LogP contribution in [-0.2, 0) is 19.1 Å². The lowest BCUT2D eigenvalue weighted by Crippen LogP contribution is -2.25. The Morgan fingerprint density at radius 1 is 0.958 bits per heavy atom. The number of rotatable bonds is 12. The van der Waals surface area contributed by atoms with E-state index in [9.17, 15) is 9.59 Å². The van der Waals surface area contributed by atoms with Crippen LogP contribution in [0.2, 0.25) is 0 Å². The Morgan fingerprint density at radius 3 is 2.21 bits per heavy atom. The maximum Gasteiger partial charge on any atom is 0.228 e. The van der Waals surface area contributed by atoms with Crippen molar-refractivity contribution in [1.29, 1.82) is 0 Å². The summed E-state index contributed by atoms with van der Waals surface area (Å²) >= 11 is 0. The van der Waals surface area contributed by atoms with Crippen LogP contribution in [0.25, 0.3) is 0 Å². The highest BCUT2D eigenvalue weighted by Gasteiger charge is 2.34. The minimum Gasteiger partial charge on any atom is -0.489 e. The van der Waals surface area contributed by atoms with E-state index in [1.165, 1.54) is 14.0 Å². The molecule has 0 aromatic carbocycles. The zero-order valence-electron chi connectivity index (χ0n) is 21.2. The molecular formula is C19H30O5. The van der Waals surface area contributed by atoms with Gasteiger partial charge in [-0.05, 0) is 26.2 Å². The van der Waals surface area contributed by atoms with Crippen molar-refractivity contribution >= 4 is 11.6 Å². The van der Waals surface area contributed by atoms with Crippen LogP contribution in [0.5, 0.6) is 0 Å². The predicted molar refractivity (Wildman–Crippen MR) is 92.4 cm³/mol. The Hall–Kier alpha value is -1.62. The van der Waals surface area contributed by atoms with Crippen molar-refractivity contribution in [1.82, 2.24) is 0 Å². The summed E-state index contributed by atoms with van der Waals surface area (Å²) in [5, 5.41) is 9.11. The summed E-state index contributed by atoms with van der Waals surface area (Å²) in [6, 6.07) is 0. The van der Waals surface area contributed by atoms with Gasteiger partial charge in [0.15, 0.2) is 0 Å². The van der Waals surface area contributed by atoms with E-state index >= 15 is 0 Å². The summed E-state index contributed by atoms with van der Waals surface area (Å²) < 4.78 is 60.7. The number of Topliss-reactive ketones (excluding diaryl/α,β-unsaturated/α-hetero) is 2. The molecule has 0 heterocycles. The third-order valence-corrected chi connectivity index (χ3v) is 3.98. The number of allylic oxidation sites excluding steroid dienone is 2. The van der Waals surface area contributed by atoms with E-state index in [0.29, 0.717) is 25.7 Å². The second-order valence-corrected chi connectivity index (χ2v) is 5.58. The fraction of sp³-hybridized carbons (Fsp3) is 0.684. The number of methoxy groups -OCH3 is 2. The van der Waals surface area contributed by atoms with Crippen LogP contribution in [0.4, 0.5) is 0 Å². The van der Waals surface area contributed by atoms with Crippen molar-refractivity contribution in [3.05, 3.63) is 22.7 Å². The molecule has 0 unspecified atom stereocenters. The summed E-state index contributed by atoms with van der Waals surface area (Å²) in [5.41, 5.74) is 0.401. The van der Waals surface area contributed by atoms with E-state index in [0.717, 1.165) is 12.8 Å². The molecule has 24 heavy (non-hydrogen) atoms. The minimum atomic E-state index is -2.89. The first-order valence-electron chi connectivity index (χ1n) is 11.6. The van der Waals surface area contributed by atoms with Crippen LogP contribution in [-0.4, -0.2) is 37.4 Å². The van der Waals surface area contributed by atoms with Crippen molar-refractivity contribution in [3.63, 3.8) is 0 Å². The number of carbonyl (C=O) groups is 2. The molecule has 0 atom stereocenters. The van der Waals surface area contributed by atoms with E-state index in [2.05, 4.69) is 0 Å². The van der Waals surface area contributed by atoms with Gasteiger partial charge in [0.1, 0.15) is 0 Å². The lowest BCUT2D eigenvalue weighted by atomic mass is 9.89. The quantitative estimate of drug-likeness (QED) is 0.433. The molecule has 0 spiro atoms. The molecule has 0 fully saturated rings. The van der Waals surface area contributed by atoms with Gasteiger partial charge in [-0.25, -0.2) is 0 Å². The molecule has 0 aromatic rings. The van der Waals surface area contributed by atoms with Gasteiger partial charge in [0.25, 0.3) is 0 Å². The van der Waals surface area contributed by atoms with Gasteiger partial charge >= 0.3 is 0 Å². The summed E-state index contributed by atoms with van der Waals surface area (Å²) in [7, 11) is -1.72. The van der Waals surface area contributed by atoms with Crippen LogP contribution in [0.1, 0.15) is 74.3 Å². The first-order chi connectivity index (χ1) is 14.1. The molecule has 1 N–H and O–H groups in total. The molecule has 0 saturated carbocycles. The van der Waals surface area contributed by atoms with Crippen molar-refractivity contribution in [2.75, 3.05) is 20.7 Å². The van der Waals surface area contributed by atoms with Gasteiger partial charge < -0.3 is 14.6 Å². The first kappa shape index (κ1) is 11.9. The number of unbranched alkanes of at least 4 members (excludes halogenated alkanes) is 4. The van der Waals surface area contributed by atoms with Crippen LogP contribution in [0.3, 0.4) is 0 Å². The highest BCUT2D eigenvalue weighted by Crippen LogP contribution is 2.28. The SMILES string of the molecule is [2H]C([2H])(O)CC([2H])([2H])CCCCCCCC1=C(C)C(=O)C(OC([2H])([2H])[2H])=C(OC)C1=O. The zero-order chi connectivity index (χ0) is 24.0. The monoisotopic (exact) mass is 345 g/mol. The second-order valence-electron chi connectivity index (χ2n) is 5.58.